The molecule has 2 aromatic carbocycles. The monoisotopic (exact) mass is 392 g/mol. The fourth-order valence-corrected chi connectivity index (χ4v) is 2.94. The van der Waals surface area contributed by atoms with Crippen molar-refractivity contribution in [2.24, 2.45) is 10.9 Å². The molecule has 0 spiro atoms. The number of aromatic nitrogens is 2. The van der Waals surface area contributed by atoms with E-state index in [1.54, 1.807) is 19.4 Å². The summed E-state index contributed by atoms with van der Waals surface area (Å²) >= 11 is 0. The number of oxime groups is 1. The summed E-state index contributed by atoms with van der Waals surface area (Å²) in [6, 6.07) is 17.8. The SMILES string of the molecule is COc1ccc(C(C)(C)c2ccc(OCc3ccnc(/C(N)=N\O)n3)cc2)cc1. The van der Waals surface area contributed by atoms with Crippen LogP contribution in [0.4, 0.5) is 0 Å². The number of rotatable bonds is 7. The van der Waals surface area contributed by atoms with Crippen LogP contribution in [0.1, 0.15) is 36.5 Å². The lowest BCUT2D eigenvalue weighted by molar-refractivity contribution is 0.300. The Bertz CT molecular complexity index is 984. The van der Waals surface area contributed by atoms with E-state index < -0.39 is 0 Å². The summed E-state index contributed by atoms with van der Waals surface area (Å²) in [5.41, 5.74) is 8.36. The molecule has 3 aromatic rings. The van der Waals surface area contributed by atoms with Crippen molar-refractivity contribution in [3.8, 4) is 11.5 Å². The van der Waals surface area contributed by atoms with Gasteiger partial charge in [0.2, 0.25) is 5.84 Å². The Morgan fingerprint density at radius 3 is 2.14 bits per heavy atom. The van der Waals surface area contributed by atoms with E-state index in [1.165, 1.54) is 11.1 Å². The molecule has 3 N–H and O–H groups in total. The molecule has 0 aliphatic carbocycles. The van der Waals surface area contributed by atoms with E-state index >= 15 is 0 Å². The van der Waals surface area contributed by atoms with Gasteiger partial charge in [-0.2, -0.15) is 0 Å². The van der Waals surface area contributed by atoms with Crippen LogP contribution in [-0.4, -0.2) is 28.1 Å². The van der Waals surface area contributed by atoms with Gasteiger partial charge in [0.1, 0.15) is 18.1 Å². The highest BCUT2D eigenvalue weighted by molar-refractivity contribution is 5.93. The van der Waals surface area contributed by atoms with Crippen LogP contribution in [0.5, 0.6) is 11.5 Å². The van der Waals surface area contributed by atoms with Crippen molar-refractivity contribution in [1.29, 1.82) is 0 Å². The average Bonchev–Trinajstić information content (AvgIpc) is 2.77. The zero-order valence-electron chi connectivity index (χ0n) is 16.7. The molecule has 0 amide bonds. The molecule has 7 heteroatoms. The Morgan fingerprint density at radius 1 is 1.00 bits per heavy atom. The Labute approximate surface area is 169 Å². The van der Waals surface area contributed by atoms with Crippen LogP contribution in [0.15, 0.2) is 65.9 Å². The highest BCUT2D eigenvalue weighted by atomic mass is 16.5. The van der Waals surface area contributed by atoms with Crippen LogP contribution >= 0.6 is 0 Å². The van der Waals surface area contributed by atoms with E-state index in [9.17, 15) is 0 Å². The molecule has 0 aliphatic heterocycles. The minimum absolute atomic E-state index is 0.142. The van der Waals surface area contributed by atoms with E-state index in [0.29, 0.717) is 5.69 Å². The van der Waals surface area contributed by atoms with Gasteiger partial charge in [-0.3, -0.25) is 0 Å². The molecular formula is C22H24N4O3. The highest BCUT2D eigenvalue weighted by Crippen LogP contribution is 2.33. The van der Waals surface area contributed by atoms with Gasteiger partial charge in [-0.25, -0.2) is 9.97 Å². The quantitative estimate of drug-likeness (QED) is 0.276. The largest absolute Gasteiger partial charge is 0.497 e. The van der Waals surface area contributed by atoms with Crippen molar-refractivity contribution in [2.45, 2.75) is 25.9 Å². The minimum Gasteiger partial charge on any atom is -0.497 e. The van der Waals surface area contributed by atoms with E-state index in [0.717, 1.165) is 11.5 Å². The first-order valence-corrected chi connectivity index (χ1v) is 9.11. The third-order valence-corrected chi connectivity index (χ3v) is 4.82. The first-order valence-electron chi connectivity index (χ1n) is 9.11. The van der Waals surface area contributed by atoms with Crippen molar-refractivity contribution >= 4 is 5.84 Å². The summed E-state index contributed by atoms with van der Waals surface area (Å²) in [5, 5.41) is 11.6. The molecule has 0 saturated carbocycles. The van der Waals surface area contributed by atoms with E-state index in [4.69, 9.17) is 20.4 Å². The Hall–Kier alpha value is -3.61. The Kier molecular flexibility index (Phi) is 5.97. The second kappa shape index (κ2) is 8.60. The van der Waals surface area contributed by atoms with Gasteiger partial charge in [0.15, 0.2) is 5.82 Å². The van der Waals surface area contributed by atoms with Crippen LogP contribution in [0.3, 0.4) is 0 Å². The number of hydrogen-bond donors (Lipinski definition) is 2. The summed E-state index contributed by atoms with van der Waals surface area (Å²) in [5.74, 6) is 1.58. The molecule has 29 heavy (non-hydrogen) atoms. The van der Waals surface area contributed by atoms with Gasteiger partial charge in [0.05, 0.1) is 12.8 Å². The van der Waals surface area contributed by atoms with Crippen LogP contribution in [0.25, 0.3) is 0 Å². The Morgan fingerprint density at radius 2 is 1.59 bits per heavy atom. The summed E-state index contributed by atoms with van der Waals surface area (Å²) in [6.45, 7) is 4.61. The first-order chi connectivity index (χ1) is 13.9. The molecule has 3 rings (SSSR count). The van der Waals surface area contributed by atoms with E-state index in [1.807, 2.05) is 24.3 Å². The van der Waals surface area contributed by atoms with E-state index in [-0.39, 0.29) is 23.7 Å². The molecule has 7 nitrogen and oxygen atoms in total. The summed E-state index contributed by atoms with van der Waals surface area (Å²) in [4.78, 5) is 8.16. The van der Waals surface area contributed by atoms with Gasteiger partial charge >= 0.3 is 0 Å². The zero-order valence-corrected chi connectivity index (χ0v) is 16.7. The molecule has 0 fully saturated rings. The number of methoxy groups -OCH3 is 1. The average molecular weight is 392 g/mol. The second-order valence-electron chi connectivity index (χ2n) is 7.02. The van der Waals surface area contributed by atoms with Crippen LogP contribution < -0.4 is 15.2 Å². The van der Waals surface area contributed by atoms with E-state index in [2.05, 4.69) is 53.2 Å². The highest BCUT2D eigenvalue weighted by Gasteiger charge is 2.23. The third-order valence-electron chi connectivity index (χ3n) is 4.82. The van der Waals surface area contributed by atoms with Crippen molar-refractivity contribution in [3.63, 3.8) is 0 Å². The Balaban J connectivity index is 1.70. The third kappa shape index (κ3) is 4.63. The smallest absolute Gasteiger partial charge is 0.207 e. The van der Waals surface area contributed by atoms with Crippen molar-refractivity contribution in [2.75, 3.05) is 7.11 Å². The van der Waals surface area contributed by atoms with Gasteiger partial charge < -0.3 is 20.4 Å². The molecule has 0 aliphatic rings. The van der Waals surface area contributed by atoms with Gasteiger partial charge in [-0.05, 0) is 41.5 Å². The molecular weight excluding hydrogens is 368 g/mol. The number of hydrogen-bond acceptors (Lipinski definition) is 6. The first kappa shape index (κ1) is 20.1. The molecule has 0 radical (unpaired) electrons. The lowest BCUT2D eigenvalue weighted by Gasteiger charge is -2.26. The standard InChI is InChI=1S/C22H24N4O3/c1-22(2,15-4-8-18(28-3)9-5-15)16-6-10-19(11-7-16)29-14-17-12-13-24-21(25-17)20(23)26-27/h4-13,27H,14H2,1-3H3,(H2,23,26). The minimum atomic E-state index is -0.159. The van der Waals surface area contributed by atoms with Gasteiger partial charge in [0.25, 0.3) is 0 Å². The maximum Gasteiger partial charge on any atom is 0.207 e. The predicted molar refractivity (Wildman–Crippen MR) is 110 cm³/mol. The number of ether oxygens (including phenoxy) is 2. The molecule has 1 heterocycles. The number of nitrogens with zero attached hydrogens (tertiary/aromatic N) is 3. The topological polar surface area (TPSA) is 103 Å². The maximum atomic E-state index is 8.73. The van der Waals surface area contributed by atoms with Gasteiger partial charge in [-0.15, -0.1) is 0 Å². The normalized spacial score (nSPS) is 11.9. The summed E-state index contributed by atoms with van der Waals surface area (Å²) < 4.78 is 11.1. The summed E-state index contributed by atoms with van der Waals surface area (Å²) in [6.07, 6.45) is 1.54. The molecule has 0 atom stereocenters. The lowest BCUT2D eigenvalue weighted by Crippen LogP contribution is -2.18. The maximum absolute atomic E-state index is 8.73. The number of amidine groups is 1. The van der Waals surface area contributed by atoms with Crippen LogP contribution in [-0.2, 0) is 12.0 Å². The fourth-order valence-electron chi connectivity index (χ4n) is 2.94. The lowest BCUT2D eigenvalue weighted by atomic mass is 9.78. The van der Waals surface area contributed by atoms with Gasteiger partial charge in [0, 0.05) is 11.6 Å². The molecule has 0 saturated heterocycles. The predicted octanol–water partition coefficient (Wildman–Crippen LogP) is 3.48. The van der Waals surface area contributed by atoms with Gasteiger partial charge in [-0.1, -0.05) is 43.3 Å². The molecule has 0 bridgehead atoms. The van der Waals surface area contributed by atoms with Crippen molar-refractivity contribution < 1.29 is 14.7 Å². The second-order valence-corrected chi connectivity index (χ2v) is 7.02. The van der Waals surface area contributed by atoms with Crippen molar-refractivity contribution in [1.82, 2.24) is 9.97 Å². The zero-order chi connectivity index (χ0) is 20.9. The van der Waals surface area contributed by atoms with Crippen molar-refractivity contribution in [3.05, 3.63) is 83.4 Å². The molecule has 0 unspecified atom stereocenters. The van der Waals surface area contributed by atoms with Crippen LogP contribution in [0, 0.1) is 0 Å². The molecule has 1 aromatic heterocycles. The molecule has 150 valence electrons. The summed E-state index contributed by atoms with van der Waals surface area (Å²) in [7, 11) is 1.66. The van der Waals surface area contributed by atoms with Crippen LogP contribution in [0.2, 0.25) is 0 Å². The fraction of sp³-hybridized carbons (Fsp3) is 0.227. The number of nitrogens with two attached hydrogens (primary N) is 1. The number of benzene rings is 2.